The molecule has 1 aromatic carbocycles. The van der Waals surface area contributed by atoms with Crippen molar-refractivity contribution >= 4 is 11.8 Å². The van der Waals surface area contributed by atoms with E-state index < -0.39 is 0 Å². The van der Waals surface area contributed by atoms with E-state index in [1.165, 1.54) is 0 Å². The van der Waals surface area contributed by atoms with Crippen LogP contribution in [0.3, 0.4) is 0 Å². The molecule has 1 aliphatic heterocycles. The van der Waals surface area contributed by atoms with Crippen LogP contribution in [0.1, 0.15) is 50.5 Å². The quantitative estimate of drug-likeness (QED) is 0.900. The summed E-state index contributed by atoms with van der Waals surface area (Å²) in [7, 11) is 1.65. The molecule has 0 aromatic heterocycles. The molecule has 3 rings (SSSR count). The molecule has 0 bridgehead atoms. The van der Waals surface area contributed by atoms with E-state index in [2.05, 4.69) is 5.32 Å². The zero-order chi connectivity index (χ0) is 18.4. The van der Waals surface area contributed by atoms with Crippen LogP contribution in [-0.2, 0) is 16.0 Å². The summed E-state index contributed by atoms with van der Waals surface area (Å²) < 4.78 is 5.18. The van der Waals surface area contributed by atoms with Crippen LogP contribution in [0.5, 0.6) is 5.75 Å². The number of ether oxygens (including phenoxy) is 1. The Balaban J connectivity index is 1.64. The first kappa shape index (κ1) is 18.7. The van der Waals surface area contributed by atoms with Crippen molar-refractivity contribution in [2.45, 2.75) is 57.4 Å². The van der Waals surface area contributed by atoms with E-state index in [0.29, 0.717) is 6.42 Å². The van der Waals surface area contributed by atoms with E-state index in [1.807, 2.05) is 29.2 Å². The maximum absolute atomic E-state index is 13.0. The highest BCUT2D eigenvalue weighted by Crippen LogP contribution is 2.31. The molecule has 2 fully saturated rings. The molecular weight excluding hydrogens is 328 g/mol. The van der Waals surface area contributed by atoms with Gasteiger partial charge < -0.3 is 15.0 Å². The van der Waals surface area contributed by atoms with Crippen molar-refractivity contribution in [1.82, 2.24) is 10.2 Å². The van der Waals surface area contributed by atoms with Gasteiger partial charge in [-0.1, -0.05) is 18.6 Å². The number of benzene rings is 1. The normalized spacial score (nSPS) is 23.9. The molecule has 142 valence electrons. The monoisotopic (exact) mass is 358 g/mol. The molecule has 5 nitrogen and oxygen atoms in total. The molecule has 2 atom stereocenters. The van der Waals surface area contributed by atoms with Crippen LogP contribution in [0.2, 0.25) is 0 Å². The third-order valence-corrected chi connectivity index (χ3v) is 5.70. The minimum absolute atomic E-state index is 0.0296. The van der Waals surface area contributed by atoms with E-state index in [4.69, 9.17) is 4.74 Å². The average Bonchev–Trinajstić information content (AvgIpc) is 3.15. The van der Waals surface area contributed by atoms with Crippen molar-refractivity contribution in [3.63, 3.8) is 0 Å². The molecule has 1 N–H and O–H groups in total. The first-order chi connectivity index (χ1) is 12.7. The van der Waals surface area contributed by atoms with Gasteiger partial charge in [-0.2, -0.15) is 0 Å². The lowest BCUT2D eigenvalue weighted by molar-refractivity contribution is -0.136. The van der Waals surface area contributed by atoms with Crippen LogP contribution in [0, 0.1) is 5.92 Å². The predicted molar refractivity (Wildman–Crippen MR) is 101 cm³/mol. The summed E-state index contributed by atoms with van der Waals surface area (Å²) in [5, 5.41) is 3.06. The van der Waals surface area contributed by atoms with Crippen LogP contribution in [-0.4, -0.2) is 43.0 Å². The largest absolute Gasteiger partial charge is 0.497 e. The fraction of sp³-hybridized carbons (Fsp3) is 0.619. The Morgan fingerprint density at radius 1 is 1.15 bits per heavy atom. The lowest BCUT2D eigenvalue weighted by Gasteiger charge is -2.34. The van der Waals surface area contributed by atoms with Crippen LogP contribution in [0.4, 0.5) is 0 Å². The molecule has 26 heavy (non-hydrogen) atoms. The van der Waals surface area contributed by atoms with Gasteiger partial charge in [0.15, 0.2) is 0 Å². The Kier molecular flexibility index (Phi) is 6.53. The minimum Gasteiger partial charge on any atom is -0.497 e. The smallest absolute Gasteiger partial charge is 0.225 e. The number of aryl methyl sites for hydroxylation is 1. The summed E-state index contributed by atoms with van der Waals surface area (Å²) in [4.78, 5) is 27.5. The number of amides is 2. The van der Waals surface area contributed by atoms with Crippen LogP contribution in [0.25, 0.3) is 0 Å². The molecule has 1 heterocycles. The Morgan fingerprint density at radius 2 is 1.96 bits per heavy atom. The Labute approximate surface area is 156 Å². The lowest BCUT2D eigenvalue weighted by atomic mass is 9.98. The van der Waals surface area contributed by atoms with Gasteiger partial charge in [0.05, 0.1) is 13.0 Å². The number of rotatable bonds is 4. The van der Waals surface area contributed by atoms with Crippen LogP contribution in [0.15, 0.2) is 24.3 Å². The summed E-state index contributed by atoms with van der Waals surface area (Å²) in [6, 6.07) is 7.97. The van der Waals surface area contributed by atoms with Crippen molar-refractivity contribution in [3.05, 3.63) is 29.8 Å². The van der Waals surface area contributed by atoms with Crippen molar-refractivity contribution in [2.75, 3.05) is 20.2 Å². The van der Waals surface area contributed by atoms with Gasteiger partial charge in [-0.3, -0.25) is 9.59 Å². The molecule has 2 unspecified atom stereocenters. The zero-order valence-corrected chi connectivity index (χ0v) is 15.7. The van der Waals surface area contributed by atoms with Gasteiger partial charge in [0.25, 0.3) is 0 Å². The van der Waals surface area contributed by atoms with E-state index in [1.54, 1.807) is 7.11 Å². The molecule has 0 radical (unpaired) electrons. The lowest BCUT2D eigenvalue weighted by Crippen LogP contribution is -2.48. The molecule has 1 saturated carbocycles. The van der Waals surface area contributed by atoms with Gasteiger partial charge in [0.1, 0.15) is 5.75 Å². The number of hydrogen-bond donors (Lipinski definition) is 1. The Morgan fingerprint density at radius 3 is 2.73 bits per heavy atom. The second kappa shape index (κ2) is 9.06. The first-order valence-corrected chi connectivity index (χ1v) is 9.89. The topological polar surface area (TPSA) is 58.6 Å². The number of fused-ring (bicyclic) bond motifs is 1. The summed E-state index contributed by atoms with van der Waals surface area (Å²) in [6.45, 7) is 1.56. The second-order valence-electron chi connectivity index (χ2n) is 7.39. The highest BCUT2D eigenvalue weighted by atomic mass is 16.5. The molecule has 1 aliphatic carbocycles. The number of carbonyl (C=O) groups is 2. The molecule has 1 saturated heterocycles. The predicted octanol–water partition coefficient (Wildman–Crippen LogP) is 2.93. The number of carbonyl (C=O) groups excluding carboxylic acids is 2. The molecule has 2 amide bonds. The van der Waals surface area contributed by atoms with Gasteiger partial charge in [-0.05, 0) is 56.2 Å². The van der Waals surface area contributed by atoms with Gasteiger partial charge in [-0.25, -0.2) is 0 Å². The second-order valence-corrected chi connectivity index (χ2v) is 7.39. The van der Waals surface area contributed by atoms with Crippen molar-refractivity contribution in [2.24, 2.45) is 5.92 Å². The fourth-order valence-electron chi connectivity index (χ4n) is 4.21. The Bertz CT molecular complexity index is 614. The average molecular weight is 358 g/mol. The molecule has 0 spiro atoms. The summed E-state index contributed by atoms with van der Waals surface area (Å²) in [5.41, 5.74) is 1.14. The van der Waals surface area contributed by atoms with E-state index in [-0.39, 0.29) is 23.8 Å². The highest BCUT2D eigenvalue weighted by Gasteiger charge is 2.38. The fourth-order valence-corrected chi connectivity index (χ4v) is 4.21. The SMILES string of the molecule is COc1ccc(CCC(=O)N2CCCCCNC(=O)C3CCCC32)cc1. The summed E-state index contributed by atoms with van der Waals surface area (Å²) >= 11 is 0. The summed E-state index contributed by atoms with van der Waals surface area (Å²) in [5.74, 6) is 1.13. The number of hydrogen-bond acceptors (Lipinski definition) is 3. The van der Waals surface area contributed by atoms with Crippen molar-refractivity contribution in [3.8, 4) is 5.75 Å². The van der Waals surface area contributed by atoms with Gasteiger partial charge in [-0.15, -0.1) is 0 Å². The van der Waals surface area contributed by atoms with Crippen molar-refractivity contribution < 1.29 is 14.3 Å². The zero-order valence-electron chi connectivity index (χ0n) is 15.7. The minimum atomic E-state index is -0.0296. The maximum Gasteiger partial charge on any atom is 0.225 e. The van der Waals surface area contributed by atoms with Gasteiger partial charge in [0.2, 0.25) is 11.8 Å². The number of nitrogens with one attached hydrogen (secondary N) is 1. The third kappa shape index (κ3) is 4.57. The van der Waals surface area contributed by atoms with E-state index in [0.717, 1.165) is 69.3 Å². The number of nitrogens with zero attached hydrogens (tertiary/aromatic N) is 1. The first-order valence-electron chi connectivity index (χ1n) is 9.89. The maximum atomic E-state index is 13.0. The molecule has 2 aliphatic rings. The highest BCUT2D eigenvalue weighted by molar-refractivity contribution is 5.82. The standard InChI is InChI=1S/C21H30N2O3/c1-26-17-11-8-16(9-12-17)10-13-20(24)23-15-4-2-3-14-22-21(25)18-6-5-7-19(18)23/h8-9,11-12,18-19H,2-7,10,13-15H2,1H3,(H,22,25). The van der Waals surface area contributed by atoms with Crippen LogP contribution >= 0.6 is 0 Å². The van der Waals surface area contributed by atoms with E-state index >= 15 is 0 Å². The van der Waals surface area contributed by atoms with Gasteiger partial charge in [0, 0.05) is 25.6 Å². The third-order valence-electron chi connectivity index (χ3n) is 5.70. The van der Waals surface area contributed by atoms with Gasteiger partial charge >= 0.3 is 0 Å². The van der Waals surface area contributed by atoms with Crippen molar-refractivity contribution in [1.29, 1.82) is 0 Å². The molecular formula is C21H30N2O3. The number of methoxy groups -OCH3 is 1. The van der Waals surface area contributed by atoms with E-state index in [9.17, 15) is 9.59 Å². The molecule has 5 heteroatoms. The molecule has 1 aromatic rings. The Hall–Kier alpha value is -2.04. The summed E-state index contributed by atoms with van der Waals surface area (Å²) in [6.07, 6.45) is 7.18. The van der Waals surface area contributed by atoms with Crippen LogP contribution < -0.4 is 10.1 Å².